The minimum absolute atomic E-state index is 0.117. The number of hydrogen-bond acceptors (Lipinski definition) is 4. The first-order valence-electron chi connectivity index (χ1n) is 6.75. The standard InChI is InChI=1S/C14H18ClNO4S/c1-20-14(17)11-6-4-8-13(11)21(18,19)16-9-10-5-2-3-7-12(10)15/h2-3,5,7,11,13,16H,4,6,8-9H2,1H3. The van der Waals surface area contributed by atoms with E-state index in [9.17, 15) is 13.2 Å². The molecule has 1 aromatic rings. The third-order valence-electron chi connectivity index (χ3n) is 3.78. The lowest BCUT2D eigenvalue weighted by Gasteiger charge is -2.18. The fourth-order valence-corrected chi connectivity index (χ4v) is 4.58. The molecule has 0 heterocycles. The third kappa shape index (κ3) is 3.75. The van der Waals surface area contributed by atoms with Crippen LogP contribution in [0.5, 0.6) is 0 Å². The van der Waals surface area contributed by atoms with Crippen LogP contribution in [0.3, 0.4) is 0 Å². The molecule has 2 unspecified atom stereocenters. The van der Waals surface area contributed by atoms with Crippen LogP contribution in [0.15, 0.2) is 24.3 Å². The van der Waals surface area contributed by atoms with Gasteiger partial charge in [-0.2, -0.15) is 0 Å². The van der Waals surface area contributed by atoms with E-state index in [0.717, 1.165) is 0 Å². The zero-order valence-electron chi connectivity index (χ0n) is 11.7. The number of carbonyl (C=O) groups excluding carboxylic acids is 1. The Labute approximate surface area is 129 Å². The van der Waals surface area contributed by atoms with Crippen LogP contribution in [0.1, 0.15) is 24.8 Å². The minimum Gasteiger partial charge on any atom is -0.469 e. The van der Waals surface area contributed by atoms with Crippen molar-refractivity contribution in [2.45, 2.75) is 31.1 Å². The highest BCUT2D eigenvalue weighted by atomic mass is 35.5. The summed E-state index contributed by atoms with van der Waals surface area (Å²) in [5, 5.41) is -0.219. The monoisotopic (exact) mass is 331 g/mol. The van der Waals surface area contributed by atoms with Gasteiger partial charge < -0.3 is 4.74 Å². The van der Waals surface area contributed by atoms with Crippen LogP contribution in [0.4, 0.5) is 0 Å². The molecule has 1 aliphatic rings. The summed E-state index contributed by atoms with van der Waals surface area (Å²) in [6.45, 7) is 0.117. The van der Waals surface area contributed by atoms with E-state index < -0.39 is 27.2 Å². The van der Waals surface area contributed by atoms with Gasteiger partial charge in [-0.15, -0.1) is 0 Å². The summed E-state index contributed by atoms with van der Waals surface area (Å²) in [7, 11) is -2.31. The molecule has 1 N–H and O–H groups in total. The number of esters is 1. The van der Waals surface area contributed by atoms with Gasteiger partial charge in [-0.25, -0.2) is 13.1 Å². The van der Waals surface area contributed by atoms with Crippen molar-refractivity contribution >= 4 is 27.6 Å². The van der Waals surface area contributed by atoms with Gasteiger partial charge >= 0.3 is 5.97 Å². The Morgan fingerprint density at radius 1 is 1.38 bits per heavy atom. The fourth-order valence-electron chi connectivity index (χ4n) is 2.65. The van der Waals surface area contributed by atoms with Crippen LogP contribution >= 0.6 is 11.6 Å². The van der Waals surface area contributed by atoms with Crippen molar-refractivity contribution in [1.82, 2.24) is 4.72 Å². The van der Waals surface area contributed by atoms with Crippen molar-refractivity contribution in [2.24, 2.45) is 5.92 Å². The highest BCUT2D eigenvalue weighted by Crippen LogP contribution is 2.31. The van der Waals surface area contributed by atoms with Crippen molar-refractivity contribution in [1.29, 1.82) is 0 Å². The molecular weight excluding hydrogens is 314 g/mol. The van der Waals surface area contributed by atoms with Gasteiger partial charge in [0.25, 0.3) is 0 Å². The summed E-state index contributed by atoms with van der Waals surface area (Å²) in [6, 6.07) is 7.04. The Morgan fingerprint density at radius 3 is 2.76 bits per heavy atom. The van der Waals surface area contributed by atoms with E-state index in [1.165, 1.54) is 7.11 Å². The number of halogens is 1. The summed E-state index contributed by atoms with van der Waals surface area (Å²) in [6.07, 6.45) is 1.72. The summed E-state index contributed by atoms with van der Waals surface area (Å²) >= 11 is 6.01. The zero-order chi connectivity index (χ0) is 15.5. The van der Waals surface area contributed by atoms with Gasteiger partial charge in [0.2, 0.25) is 10.0 Å². The van der Waals surface area contributed by atoms with E-state index in [1.807, 2.05) is 0 Å². The van der Waals surface area contributed by atoms with Crippen molar-refractivity contribution in [3.63, 3.8) is 0 Å². The van der Waals surface area contributed by atoms with E-state index in [4.69, 9.17) is 11.6 Å². The molecule has 7 heteroatoms. The number of nitrogens with one attached hydrogen (secondary N) is 1. The van der Waals surface area contributed by atoms with Crippen LogP contribution in [0, 0.1) is 5.92 Å². The van der Waals surface area contributed by atoms with Gasteiger partial charge in [0.05, 0.1) is 18.3 Å². The van der Waals surface area contributed by atoms with Crippen LogP contribution in [0.2, 0.25) is 5.02 Å². The normalized spacial score (nSPS) is 22.2. The smallest absolute Gasteiger partial charge is 0.310 e. The molecule has 0 spiro atoms. The fraction of sp³-hybridized carbons (Fsp3) is 0.500. The topological polar surface area (TPSA) is 72.5 Å². The molecule has 2 rings (SSSR count). The molecular formula is C14H18ClNO4S. The molecule has 1 fully saturated rings. The Bertz CT molecular complexity index is 617. The second-order valence-corrected chi connectivity index (χ2v) is 7.45. The summed E-state index contributed by atoms with van der Waals surface area (Å²) in [5.41, 5.74) is 0.704. The van der Waals surface area contributed by atoms with Crippen LogP contribution in [-0.4, -0.2) is 26.7 Å². The van der Waals surface area contributed by atoms with Gasteiger partial charge in [0.1, 0.15) is 0 Å². The summed E-state index contributed by atoms with van der Waals surface area (Å²) in [4.78, 5) is 11.7. The molecule has 0 saturated heterocycles. The van der Waals surface area contributed by atoms with Gasteiger partial charge in [-0.05, 0) is 24.5 Å². The highest BCUT2D eigenvalue weighted by Gasteiger charge is 2.42. The maximum Gasteiger partial charge on any atom is 0.310 e. The minimum atomic E-state index is -3.59. The maximum atomic E-state index is 12.4. The van der Waals surface area contributed by atoms with Gasteiger partial charge in [0.15, 0.2) is 0 Å². The molecule has 0 radical (unpaired) electrons. The molecule has 1 aliphatic carbocycles. The Kier molecular flexibility index (Phi) is 5.24. The van der Waals surface area contributed by atoms with Crippen LogP contribution < -0.4 is 4.72 Å². The second-order valence-electron chi connectivity index (χ2n) is 5.06. The Morgan fingerprint density at radius 2 is 2.10 bits per heavy atom. The van der Waals surface area contributed by atoms with E-state index in [1.54, 1.807) is 24.3 Å². The average molecular weight is 332 g/mol. The first-order chi connectivity index (χ1) is 9.95. The molecule has 2 atom stereocenters. The SMILES string of the molecule is COC(=O)C1CCCC1S(=O)(=O)NCc1ccccc1Cl. The third-order valence-corrected chi connectivity index (χ3v) is 6.05. The summed E-state index contributed by atoms with van der Waals surface area (Å²) in [5.74, 6) is -1.04. The first-order valence-corrected chi connectivity index (χ1v) is 8.68. The first kappa shape index (κ1) is 16.3. The molecule has 0 aromatic heterocycles. The van der Waals surface area contributed by atoms with Gasteiger partial charge in [-0.1, -0.05) is 36.2 Å². The van der Waals surface area contributed by atoms with Crippen LogP contribution in [0.25, 0.3) is 0 Å². The molecule has 116 valence electrons. The lowest BCUT2D eigenvalue weighted by molar-refractivity contribution is -0.145. The quantitative estimate of drug-likeness (QED) is 0.839. The Balaban J connectivity index is 2.08. The molecule has 1 aromatic carbocycles. The van der Waals surface area contributed by atoms with E-state index in [-0.39, 0.29) is 6.54 Å². The lowest BCUT2D eigenvalue weighted by Crippen LogP contribution is -2.39. The number of hydrogen-bond donors (Lipinski definition) is 1. The molecule has 21 heavy (non-hydrogen) atoms. The number of sulfonamides is 1. The molecule has 1 saturated carbocycles. The largest absolute Gasteiger partial charge is 0.469 e. The molecule has 0 aliphatic heterocycles. The van der Waals surface area contributed by atoms with Crippen molar-refractivity contribution in [3.05, 3.63) is 34.9 Å². The van der Waals surface area contributed by atoms with E-state index >= 15 is 0 Å². The molecule has 5 nitrogen and oxygen atoms in total. The predicted octanol–water partition coefficient (Wildman–Crippen LogP) is 2.10. The van der Waals surface area contributed by atoms with Crippen molar-refractivity contribution in [2.75, 3.05) is 7.11 Å². The number of benzene rings is 1. The van der Waals surface area contributed by atoms with Crippen molar-refractivity contribution in [3.8, 4) is 0 Å². The van der Waals surface area contributed by atoms with Gasteiger partial charge in [-0.3, -0.25) is 4.79 Å². The number of rotatable bonds is 5. The maximum absolute atomic E-state index is 12.4. The van der Waals surface area contributed by atoms with E-state index in [0.29, 0.717) is 29.8 Å². The number of carbonyl (C=O) groups is 1. The Hall–Kier alpha value is -1.11. The number of methoxy groups -OCH3 is 1. The highest BCUT2D eigenvalue weighted by molar-refractivity contribution is 7.90. The van der Waals surface area contributed by atoms with Gasteiger partial charge in [0, 0.05) is 11.6 Å². The zero-order valence-corrected chi connectivity index (χ0v) is 13.3. The molecule has 0 amide bonds. The molecule has 0 bridgehead atoms. The van der Waals surface area contributed by atoms with E-state index in [2.05, 4.69) is 9.46 Å². The average Bonchev–Trinajstić information content (AvgIpc) is 2.96. The van der Waals surface area contributed by atoms with Crippen molar-refractivity contribution < 1.29 is 17.9 Å². The predicted molar refractivity (Wildman–Crippen MR) is 80.4 cm³/mol. The lowest BCUT2D eigenvalue weighted by atomic mass is 10.1. The van der Waals surface area contributed by atoms with Crippen LogP contribution in [-0.2, 0) is 26.1 Å². The number of ether oxygens (including phenoxy) is 1. The summed E-state index contributed by atoms with van der Waals surface area (Å²) < 4.78 is 32.0. The second kappa shape index (κ2) is 6.77.